The molecular weight excluding hydrogens is 215 g/mol. The molecule has 1 N–H and O–H groups in total. The van der Waals surface area contributed by atoms with E-state index in [9.17, 15) is 9.50 Å². The summed E-state index contributed by atoms with van der Waals surface area (Å²) in [5.41, 5.74) is 2.28. The third kappa shape index (κ3) is 2.92. The highest BCUT2D eigenvalue weighted by atomic mass is 19.1. The fourth-order valence-electron chi connectivity index (χ4n) is 1.88. The van der Waals surface area contributed by atoms with Crippen molar-refractivity contribution < 1.29 is 9.50 Å². The second-order valence-corrected chi connectivity index (χ2v) is 4.23. The number of rotatable bonds is 3. The Morgan fingerprint density at radius 2 is 1.82 bits per heavy atom. The minimum atomic E-state index is -0.447. The molecule has 17 heavy (non-hydrogen) atoms. The minimum absolute atomic E-state index is 0.241. The highest BCUT2D eigenvalue weighted by Crippen LogP contribution is 2.23. The number of benzene rings is 2. The number of aliphatic hydroxyl groups is 1. The largest absolute Gasteiger partial charge is 0.393 e. The van der Waals surface area contributed by atoms with Gasteiger partial charge in [-0.1, -0.05) is 42.5 Å². The Labute approximate surface area is 101 Å². The summed E-state index contributed by atoms with van der Waals surface area (Å²) in [5, 5.41) is 9.26. The van der Waals surface area contributed by atoms with Crippen molar-refractivity contribution in [2.75, 3.05) is 0 Å². The summed E-state index contributed by atoms with van der Waals surface area (Å²) in [5.74, 6) is -0.241. The predicted octanol–water partition coefficient (Wildman–Crippen LogP) is 3.42. The second-order valence-electron chi connectivity index (χ2n) is 4.23. The van der Waals surface area contributed by atoms with Gasteiger partial charge in [-0.2, -0.15) is 0 Å². The van der Waals surface area contributed by atoms with Crippen molar-refractivity contribution >= 4 is 0 Å². The SMILES string of the molecule is CC(O)Cc1ccc(-c2ccccc2)c(F)c1. The van der Waals surface area contributed by atoms with E-state index in [0.717, 1.165) is 11.1 Å². The van der Waals surface area contributed by atoms with Crippen LogP contribution in [0.3, 0.4) is 0 Å². The van der Waals surface area contributed by atoms with E-state index in [4.69, 9.17) is 0 Å². The van der Waals surface area contributed by atoms with Crippen LogP contribution >= 0.6 is 0 Å². The first-order valence-electron chi connectivity index (χ1n) is 5.69. The van der Waals surface area contributed by atoms with Crippen LogP contribution in [0.15, 0.2) is 48.5 Å². The summed E-state index contributed by atoms with van der Waals surface area (Å²) in [6.45, 7) is 1.70. The maximum absolute atomic E-state index is 13.9. The lowest BCUT2D eigenvalue weighted by atomic mass is 10.0. The van der Waals surface area contributed by atoms with Crippen LogP contribution < -0.4 is 0 Å². The number of hydrogen-bond acceptors (Lipinski definition) is 1. The van der Waals surface area contributed by atoms with Crippen molar-refractivity contribution in [3.05, 3.63) is 59.9 Å². The first-order chi connectivity index (χ1) is 8.16. The molecule has 2 aromatic rings. The Hall–Kier alpha value is -1.67. The van der Waals surface area contributed by atoms with Crippen molar-refractivity contribution in [2.45, 2.75) is 19.4 Å². The first-order valence-corrected chi connectivity index (χ1v) is 5.69. The Morgan fingerprint density at radius 1 is 1.12 bits per heavy atom. The first kappa shape index (κ1) is 11.8. The van der Waals surface area contributed by atoms with Gasteiger partial charge in [0.1, 0.15) is 5.82 Å². The third-order valence-electron chi connectivity index (χ3n) is 2.65. The fraction of sp³-hybridized carbons (Fsp3) is 0.200. The van der Waals surface area contributed by atoms with Crippen LogP contribution in [-0.2, 0) is 6.42 Å². The summed E-state index contributed by atoms with van der Waals surface area (Å²) < 4.78 is 13.9. The summed E-state index contributed by atoms with van der Waals surface area (Å²) >= 11 is 0. The lowest BCUT2D eigenvalue weighted by Gasteiger charge is -2.08. The molecule has 0 saturated carbocycles. The molecule has 0 fully saturated rings. The van der Waals surface area contributed by atoms with Gasteiger partial charge in [0.2, 0.25) is 0 Å². The molecule has 0 aromatic heterocycles. The highest BCUT2D eigenvalue weighted by Gasteiger charge is 2.07. The predicted molar refractivity (Wildman–Crippen MR) is 67.2 cm³/mol. The summed E-state index contributed by atoms with van der Waals surface area (Å²) in [4.78, 5) is 0. The maximum Gasteiger partial charge on any atom is 0.131 e. The van der Waals surface area contributed by atoms with E-state index in [1.807, 2.05) is 36.4 Å². The molecule has 2 heteroatoms. The van der Waals surface area contributed by atoms with E-state index in [2.05, 4.69) is 0 Å². The molecule has 2 aromatic carbocycles. The monoisotopic (exact) mass is 230 g/mol. The van der Waals surface area contributed by atoms with Crippen LogP contribution in [0, 0.1) is 5.82 Å². The van der Waals surface area contributed by atoms with Crippen LogP contribution in [0.5, 0.6) is 0 Å². The molecule has 1 atom stereocenters. The molecule has 0 bridgehead atoms. The van der Waals surface area contributed by atoms with Gasteiger partial charge < -0.3 is 5.11 Å². The van der Waals surface area contributed by atoms with Crippen molar-refractivity contribution in [2.24, 2.45) is 0 Å². The zero-order valence-corrected chi connectivity index (χ0v) is 9.73. The number of halogens is 1. The Morgan fingerprint density at radius 3 is 2.41 bits per heavy atom. The van der Waals surface area contributed by atoms with Crippen LogP contribution in [0.1, 0.15) is 12.5 Å². The van der Waals surface area contributed by atoms with Crippen molar-refractivity contribution in [1.29, 1.82) is 0 Å². The molecule has 0 heterocycles. The van der Waals surface area contributed by atoms with Gasteiger partial charge in [-0.3, -0.25) is 0 Å². The van der Waals surface area contributed by atoms with E-state index in [-0.39, 0.29) is 5.82 Å². The van der Waals surface area contributed by atoms with Gasteiger partial charge in [-0.25, -0.2) is 4.39 Å². The van der Waals surface area contributed by atoms with Crippen molar-refractivity contribution in [3.63, 3.8) is 0 Å². The topological polar surface area (TPSA) is 20.2 Å². The molecule has 2 rings (SSSR count). The summed E-state index contributed by atoms with van der Waals surface area (Å²) in [6, 6.07) is 14.6. The highest BCUT2D eigenvalue weighted by molar-refractivity contribution is 5.64. The van der Waals surface area contributed by atoms with Crippen molar-refractivity contribution in [3.8, 4) is 11.1 Å². The minimum Gasteiger partial charge on any atom is -0.393 e. The van der Waals surface area contributed by atoms with Gasteiger partial charge in [0.25, 0.3) is 0 Å². The van der Waals surface area contributed by atoms with Gasteiger partial charge in [0, 0.05) is 5.56 Å². The van der Waals surface area contributed by atoms with E-state index < -0.39 is 6.10 Å². The van der Waals surface area contributed by atoms with Gasteiger partial charge in [0.05, 0.1) is 6.10 Å². The quantitative estimate of drug-likeness (QED) is 0.856. The molecule has 1 unspecified atom stereocenters. The van der Waals surface area contributed by atoms with Crippen LogP contribution in [-0.4, -0.2) is 11.2 Å². The summed E-state index contributed by atoms with van der Waals surface area (Å²) in [7, 11) is 0. The lowest BCUT2D eigenvalue weighted by Crippen LogP contribution is -2.04. The second kappa shape index (κ2) is 5.11. The molecule has 0 aliphatic rings. The molecule has 88 valence electrons. The molecule has 0 amide bonds. The Kier molecular flexibility index (Phi) is 3.55. The zero-order valence-electron chi connectivity index (χ0n) is 9.73. The molecule has 0 aliphatic carbocycles. The van der Waals surface area contributed by atoms with E-state index >= 15 is 0 Å². The molecule has 0 saturated heterocycles. The van der Waals surface area contributed by atoms with E-state index in [1.165, 1.54) is 6.07 Å². The molecule has 0 spiro atoms. The average Bonchev–Trinajstić information content (AvgIpc) is 2.29. The standard InChI is InChI=1S/C15H15FO/c1-11(17)9-12-7-8-14(15(16)10-12)13-5-3-2-4-6-13/h2-8,10-11,17H,9H2,1H3. The molecule has 0 radical (unpaired) electrons. The normalized spacial score (nSPS) is 12.4. The molecular formula is C15H15FO. The lowest BCUT2D eigenvalue weighted by molar-refractivity contribution is 0.195. The Bertz CT molecular complexity index is 492. The van der Waals surface area contributed by atoms with E-state index in [1.54, 1.807) is 13.0 Å². The van der Waals surface area contributed by atoms with Crippen LogP contribution in [0.2, 0.25) is 0 Å². The number of aliphatic hydroxyl groups excluding tert-OH is 1. The van der Waals surface area contributed by atoms with Gasteiger partial charge >= 0.3 is 0 Å². The van der Waals surface area contributed by atoms with Crippen LogP contribution in [0.4, 0.5) is 4.39 Å². The maximum atomic E-state index is 13.9. The molecule has 0 aliphatic heterocycles. The molecule has 1 nitrogen and oxygen atoms in total. The smallest absolute Gasteiger partial charge is 0.131 e. The van der Waals surface area contributed by atoms with Crippen LogP contribution in [0.25, 0.3) is 11.1 Å². The van der Waals surface area contributed by atoms with E-state index in [0.29, 0.717) is 12.0 Å². The van der Waals surface area contributed by atoms with Gasteiger partial charge in [-0.05, 0) is 30.5 Å². The Balaban J connectivity index is 2.32. The third-order valence-corrected chi connectivity index (χ3v) is 2.65. The van der Waals surface area contributed by atoms with Gasteiger partial charge in [-0.15, -0.1) is 0 Å². The summed E-state index contributed by atoms with van der Waals surface area (Å²) in [6.07, 6.45) is 0.0309. The fourth-order valence-corrected chi connectivity index (χ4v) is 1.88. The zero-order chi connectivity index (χ0) is 12.3. The van der Waals surface area contributed by atoms with Gasteiger partial charge in [0.15, 0.2) is 0 Å². The van der Waals surface area contributed by atoms with Crippen molar-refractivity contribution in [1.82, 2.24) is 0 Å². The average molecular weight is 230 g/mol. The number of hydrogen-bond donors (Lipinski definition) is 1.